The number of benzene rings is 2. The molecule has 0 aliphatic carbocycles. The molecule has 4 aromatic rings. The molecule has 0 unspecified atom stereocenters. The largest absolute Gasteiger partial charge is 0.493 e. The molecular weight excluding hydrogens is 462 g/mol. The third-order valence-electron chi connectivity index (χ3n) is 4.92. The molecule has 11 heteroatoms. The van der Waals surface area contributed by atoms with Gasteiger partial charge in [-0.25, -0.2) is 0 Å². The third kappa shape index (κ3) is 4.67. The van der Waals surface area contributed by atoms with Crippen LogP contribution in [0.4, 0.5) is 0 Å². The monoisotopic (exact) mass is 483 g/mol. The fourth-order valence-corrected chi connectivity index (χ4v) is 3.51. The number of fused-ring (bicyclic) bond motifs is 1. The highest BCUT2D eigenvalue weighted by atomic mass is 35.5. The average molecular weight is 484 g/mol. The molecule has 0 saturated carbocycles. The van der Waals surface area contributed by atoms with E-state index in [-0.39, 0.29) is 19.1 Å². The average Bonchev–Trinajstić information content (AvgIpc) is 3.28. The quantitative estimate of drug-likeness (QED) is 0.361. The SMILES string of the molecule is COc1cc(C(=O)NCCOc2ccc3nnc(-c4ccccc4Cl)n3n2)cc(OC)c1OC. The molecule has 34 heavy (non-hydrogen) atoms. The first-order valence-corrected chi connectivity index (χ1v) is 10.6. The Kier molecular flexibility index (Phi) is 6.98. The van der Waals surface area contributed by atoms with E-state index < -0.39 is 0 Å². The summed E-state index contributed by atoms with van der Waals surface area (Å²) in [6.07, 6.45) is 0. The summed E-state index contributed by atoms with van der Waals surface area (Å²) < 4.78 is 23.1. The van der Waals surface area contributed by atoms with E-state index in [2.05, 4.69) is 20.6 Å². The van der Waals surface area contributed by atoms with Crippen molar-refractivity contribution in [2.75, 3.05) is 34.5 Å². The van der Waals surface area contributed by atoms with E-state index >= 15 is 0 Å². The number of halogens is 1. The van der Waals surface area contributed by atoms with Gasteiger partial charge in [0.15, 0.2) is 23.0 Å². The molecule has 0 fully saturated rings. The van der Waals surface area contributed by atoms with Gasteiger partial charge in [-0.2, -0.15) is 4.52 Å². The van der Waals surface area contributed by atoms with Gasteiger partial charge in [0, 0.05) is 17.2 Å². The number of aromatic nitrogens is 4. The molecule has 0 aliphatic rings. The first-order chi connectivity index (χ1) is 16.5. The van der Waals surface area contributed by atoms with E-state index in [0.29, 0.717) is 50.7 Å². The summed E-state index contributed by atoms with van der Waals surface area (Å²) in [7, 11) is 4.48. The van der Waals surface area contributed by atoms with E-state index in [0.717, 1.165) is 0 Å². The van der Waals surface area contributed by atoms with Gasteiger partial charge in [-0.3, -0.25) is 4.79 Å². The molecule has 0 radical (unpaired) electrons. The van der Waals surface area contributed by atoms with Crippen LogP contribution >= 0.6 is 11.6 Å². The second-order valence-corrected chi connectivity index (χ2v) is 7.37. The van der Waals surface area contributed by atoms with Gasteiger partial charge in [-0.1, -0.05) is 23.7 Å². The van der Waals surface area contributed by atoms with E-state index in [1.165, 1.54) is 21.3 Å². The van der Waals surface area contributed by atoms with Crippen molar-refractivity contribution in [1.82, 2.24) is 25.1 Å². The summed E-state index contributed by atoms with van der Waals surface area (Å²) in [6.45, 7) is 0.437. The van der Waals surface area contributed by atoms with Gasteiger partial charge >= 0.3 is 0 Å². The number of carbonyl (C=O) groups is 1. The lowest BCUT2D eigenvalue weighted by atomic mass is 10.1. The predicted molar refractivity (Wildman–Crippen MR) is 125 cm³/mol. The molecule has 10 nitrogen and oxygen atoms in total. The van der Waals surface area contributed by atoms with Crippen molar-refractivity contribution in [1.29, 1.82) is 0 Å². The van der Waals surface area contributed by atoms with Crippen LogP contribution < -0.4 is 24.3 Å². The fraction of sp³-hybridized carbons (Fsp3) is 0.217. The summed E-state index contributed by atoms with van der Waals surface area (Å²) in [5, 5.41) is 16.1. The molecule has 0 atom stereocenters. The number of ether oxygens (including phenoxy) is 4. The lowest BCUT2D eigenvalue weighted by Crippen LogP contribution is -2.28. The van der Waals surface area contributed by atoms with Crippen LogP contribution in [0.1, 0.15) is 10.4 Å². The zero-order valence-corrected chi connectivity index (χ0v) is 19.5. The molecular formula is C23H22ClN5O5. The van der Waals surface area contributed by atoms with E-state index in [9.17, 15) is 4.79 Å². The molecule has 0 saturated heterocycles. The third-order valence-corrected chi connectivity index (χ3v) is 5.25. The van der Waals surface area contributed by atoms with Crippen molar-refractivity contribution in [3.05, 3.63) is 59.1 Å². The van der Waals surface area contributed by atoms with Gasteiger partial charge in [0.1, 0.15) is 6.61 Å². The minimum Gasteiger partial charge on any atom is -0.493 e. The maximum Gasteiger partial charge on any atom is 0.251 e. The Hall–Kier alpha value is -4.05. The number of rotatable bonds is 9. The van der Waals surface area contributed by atoms with Gasteiger partial charge in [-0.15, -0.1) is 15.3 Å². The van der Waals surface area contributed by atoms with Crippen molar-refractivity contribution < 1.29 is 23.7 Å². The molecule has 0 spiro atoms. The maximum absolute atomic E-state index is 12.6. The minimum atomic E-state index is -0.314. The molecule has 2 aromatic carbocycles. The number of hydrogen-bond acceptors (Lipinski definition) is 8. The molecule has 4 rings (SSSR count). The number of methoxy groups -OCH3 is 3. The lowest BCUT2D eigenvalue weighted by Gasteiger charge is -2.14. The highest BCUT2D eigenvalue weighted by molar-refractivity contribution is 6.33. The topological polar surface area (TPSA) is 109 Å². The van der Waals surface area contributed by atoms with Crippen LogP contribution in [0.3, 0.4) is 0 Å². The number of nitrogens with zero attached hydrogens (tertiary/aromatic N) is 4. The van der Waals surface area contributed by atoms with Crippen molar-refractivity contribution in [3.8, 4) is 34.5 Å². The number of hydrogen-bond donors (Lipinski definition) is 1. The van der Waals surface area contributed by atoms with Crippen LogP contribution in [0, 0.1) is 0 Å². The van der Waals surface area contributed by atoms with Crippen LogP contribution in [0.2, 0.25) is 5.02 Å². The summed E-state index contributed by atoms with van der Waals surface area (Å²) >= 11 is 6.29. The van der Waals surface area contributed by atoms with Gasteiger partial charge < -0.3 is 24.3 Å². The Morgan fingerprint density at radius 1 is 1.00 bits per heavy atom. The zero-order chi connectivity index (χ0) is 24.1. The smallest absolute Gasteiger partial charge is 0.251 e. The second kappa shape index (κ2) is 10.3. The van der Waals surface area contributed by atoms with Gasteiger partial charge in [0.2, 0.25) is 11.6 Å². The highest BCUT2D eigenvalue weighted by Gasteiger charge is 2.17. The summed E-state index contributed by atoms with van der Waals surface area (Å²) in [5.41, 5.74) is 1.62. The minimum absolute atomic E-state index is 0.193. The Morgan fingerprint density at radius 3 is 2.41 bits per heavy atom. The maximum atomic E-state index is 12.6. The normalized spacial score (nSPS) is 10.7. The van der Waals surface area contributed by atoms with Gasteiger partial charge in [-0.05, 0) is 30.3 Å². The van der Waals surface area contributed by atoms with Crippen molar-refractivity contribution in [2.45, 2.75) is 0 Å². The molecule has 1 N–H and O–H groups in total. The van der Waals surface area contributed by atoms with Crippen LogP contribution in [0.25, 0.3) is 17.0 Å². The molecule has 0 bridgehead atoms. The molecule has 0 aliphatic heterocycles. The Morgan fingerprint density at radius 2 is 1.74 bits per heavy atom. The predicted octanol–water partition coefficient (Wildman–Crippen LogP) is 3.28. The van der Waals surface area contributed by atoms with Crippen molar-refractivity contribution >= 4 is 23.2 Å². The molecule has 2 heterocycles. The Labute approximate surface area is 200 Å². The lowest BCUT2D eigenvalue weighted by molar-refractivity contribution is 0.0945. The van der Waals surface area contributed by atoms with Crippen molar-refractivity contribution in [2.24, 2.45) is 0 Å². The molecule has 2 aromatic heterocycles. The standard InChI is InChI=1S/C23H22ClN5O5/c1-31-17-12-14(13-18(32-2)21(17)33-3)23(30)25-10-11-34-20-9-8-19-26-27-22(29(19)28-20)15-6-4-5-7-16(15)24/h4-9,12-13H,10-11H2,1-3H3,(H,25,30). The second-order valence-electron chi connectivity index (χ2n) is 6.96. The number of carbonyl (C=O) groups excluding carboxylic acids is 1. The summed E-state index contributed by atoms with van der Waals surface area (Å²) in [5.74, 6) is 1.74. The van der Waals surface area contributed by atoms with Crippen LogP contribution in [-0.2, 0) is 0 Å². The van der Waals surface area contributed by atoms with E-state index in [4.69, 9.17) is 30.5 Å². The fourth-order valence-electron chi connectivity index (χ4n) is 3.29. The first-order valence-electron chi connectivity index (χ1n) is 10.2. The van der Waals surface area contributed by atoms with E-state index in [1.54, 1.807) is 34.8 Å². The first kappa shape index (κ1) is 23.1. The van der Waals surface area contributed by atoms with Gasteiger partial charge in [0.05, 0.1) is 32.9 Å². The van der Waals surface area contributed by atoms with Gasteiger partial charge in [0.25, 0.3) is 5.91 Å². The van der Waals surface area contributed by atoms with E-state index in [1.807, 2.05) is 18.2 Å². The van der Waals surface area contributed by atoms with Crippen LogP contribution in [0.5, 0.6) is 23.1 Å². The number of nitrogens with one attached hydrogen (secondary N) is 1. The summed E-state index contributed by atoms with van der Waals surface area (Å²) in [4.78, 5) is 12.6. The van der Waals surface area contributed by atoms with Crippen LogP contribution in [0.15, 0.2) is 48.5 Å². The molecule has 176 valence electrons. The van der Waals surface area contributed by atoms with Crippen LogP contribution in [-0.4, -0.2) is 60.2 Å². The molecule has 1 amide bonds. The highest BCUT2D eigenvalue weighted by Crippen LogP contribution is 2.38. The Balaban J connectivity index is 1.41. The Bertz CT molecular complexity index is 1300. The zero-order valence-electron chi connectivity index (χ0n) is 18.7. The van der Waals surface area contributed by atoms with Crippen molar-refractivity contribution in [3.63, 3.8) is 0 Å². The number of amides is 1. The summed E-state index contributed by atoms with van der Waals surface area (Å²) in [6, 6.07) is 13.9.